The summed E-state index contributed by atoms with van der Waals surface area (Å²) in [6.07, 6.45) is 0.122. The van der Waals surface area contributed by atoms with E-state index in [4.69, 9.17) is 10.5 Å². The molecule has 3 heteroatoms. The largest absolute Gasteiger partial charge is 0.465 e. The number of hydrogen-bond acceptors (Lipinski definition) is 3. The Hall–Kier alpha value is -1.95. The third-order valence-corrected chi connectivity index (χ3v) is 2.31. The maximum absolute atomic E-state index is 11.1. The second kappa shape index (κ2) is 5.95. The van der Waals surface area contributed by atoms with Gasteiger partial charge in [0.2, 0.25) is 0 Å². The Bertz CT molecular complexity index is 458. The van der Waals surface area contributed by atoms with Crippen LogP contribution in [-0.2, 0) is 9.53 Å². The fraction of sp³-hybridized carbons (Fsp3) is 0.357. The minimum absolute atomic E-state index is 0.122. The Kier molecular flexibility index (Phi) is 4.59. The van der Waals surface area contributed by atoms with Gasteiger partial charge in [0.25, 0.3) is 0 Å². The molecule has 0 fully saturated rings. The molecule has 1 aromatic rings. The maximum Gasteiger partial charge on any atom is 0.317 e. The molecule has 90 valence electrons. The molecule has 0 bridgehead atoms. The molecule has 0 aliphatic heterocycles. The average Bonchev–Trinajstić information content (AvgIpc) is 2.22. The van der Waals surface area contributed by atoms with Crippen LogP contribution in [0, 0.1) is 25.7 Å². The number of ether oxygens (including phenoxy) is 1. The molecule has 17 heavy (non-hydrogen) atoms. The molecule has 1 aromatic carbocycles. The van der Waals surface area contributed by atoms with Crippen molar-refractivity contribution in [2.24, 2.45) is 0 Å². The van der Waals surface area contributed by atoms with E-state index in [9.17, 15) is 4.79 Å². The van der Waals surface area contributed by atoms with Crippen molar-refractivity contribution < 1.29 is 9.53 Å². The fourth-order valence-electron chi connectivity index (χ4n) is 1.61. The lowest BCUT2D eigenvalue weighted by Gasteiger charge is -2.04. The molecule has 0 aromatic heterocycles. The van der Waals surface area contributed by atoms with Crippen molar-refractivity contribution in [1.82, 2.24) is 0 Å². The van der Waals surface area contributed by atoms with E-state index in [2.05, 4.69) is 11.8 Å². The second-order valence-electron chi connectivity index (χ2n) is 3.81. The van der Waals surface area contributed by atoms with Crippen LogP contribution in [0.1, 0.15) is 30.0 Å². The van der Waals surface area contributed by atoms with E-state index in [0.29, 0.717) is 6.61 Å². The number of esters is 1. The topological polar surface area (TPSA) is 52.3 Å². The standard InChI is InChI=1S/C14H17NO2/c1-4-17-14(16)7-5-6-13-10(2)8-12(15)9-11(13)3/h8-9H,4,7,15H2,1-3H3. The summed E-state index contributed by atoms with van der Waals surface area (Å²) < 4.78 is 4.80. The summed E-state index contributed by atoms with van der Waals surface area (Å²) in [6, 6.07) is 3.75. The monoisotopic (exact) mass is 231 g/mol. The summed E-state index contributed by atoms with van der Waals surface area (Å²) in [5, 5.41) is 0. The van der Waals surface area contributed by atoms with Crippen molar-refractivity contribution in [3.63, 3.8) is 0 Å². The average molecular weight is 231 g/mol. The molecule has 2 N–H and O–H groups in total. The molecule has 0 aliphatic carbocycles. The van der Waals surface area contributed by atoms with Gasteiger partial charge in [-0.3, -0.25) is 4.79 Å². The number of carbonyl (C=O) groups is 1. The van der Waals surface area contributed by atoms with Crippen LogP contribution in [0.15, 0.2) is 12.1 Å². The van der Waals surface area contributed by atoms with Crippen LogP contribution in [0.2, 0.25) is 0 Å². The lowest BCUT2D eigenvalue weighted by molar-refractivity contribution is -0.141. The number of benzene rings is 1. The highest BCUT2D eigenvalue weighted by Gasteiger charge is 2.01. The van der Waals surface area contributed by atoms with Gasteiger partial charge in [0, 0.05) is 11.3 Å². The maximum atomic E-state index is 11.1. The SMILES string of the molecule is CCOC(=O)CC#Cc1c(C)cc(N)cc1C. The van der Waals surface area contributed by atoms with Crippen molar-refractivity contribution in [2.75, 3.05) is 12.3 Å². The van der Waals surface area contributed by atoms with Gasteiger partial charge in [-0.1, -0.05) is 11.8 Å². The molecular formula is C14H17NO2. The Morgan fingerprint density at radius 2 is 1.94 bits per heavy atom. The van der Waals surface area contributed by atoms with E-state index >= 15 is 0 Å². The molecule has 0 amide bonds. The number of carbonyl (C=O) groups excluding carboxylic acids is 1. The van der Waals surface area contributed by atoms with Gasteiger partial charge in [-0.15, -0.1) is 0 Å². The number of anilines is 1. The number of nitrogen functional groups attached to an aromatic ring is 1. The van der Waals surface area contributed by atoms with Crippen LogP contribution >= 0.6 is 0 Å². The zero-order valence-corrected chi connectivity index (χ0v) is 10.5. The minimum Gasteiger partial charge on any atom is -0.465 e. The highest BCUT2D eigenvalue weighted by Crippen LogP contribution is 2.16. The molecule has 0 heterocycles. The van der Waals surface area contributed by atoms with Gasteiger partial charge >= 0.3 is 5.97 Å². The summed E-state index contributed by atoms with van der Waals surface area (Å²) in [6.45, 7) is 6.08. The van der Waals surface area contributed by atoms with E-state index in [1.54, 1.807) is 6.92 Å². The smallest absolute Gasteiger partial charge is 0.317 e. The lowest BCUT2D eigenvalue weighted by Crippen LogP contribution is -2.01. The summed E-state index contributed by atoms with van der Waals surface area (Å²) in [7, 11) is 0. The molecule has 0 radical (unpaired) electrons. The van der Waals surface area contributed by atoms with E-state index in [1.165, 1.54) is 0 Å². The quantitative estimate of drug-likeness (QED) is 0.482. The van der Waals surface area contributed by atoms with Crippen molar-refractivity contribution >= 4 is 11.7 Å². The van der Waals surface area contributed by atoms with Crippen molar-refractivity contribution in [1.29, 1.82) is 0 Å². The minimum atomic E-state index is -0.286. The number of nitrogens with two attached hydrogens (primary N) is 1. The van der Waals surface area contributed by atoms with Crippen LogP contribution in [0.4, 0.5) is 5.69 Å². The summed E-state index contributed by atoms with van der Waals surface area (Å²) in [5.41, 5.74) is 9.44. The molecule has 3 nitrogen and oxygen atoms in total. The molecular weight excluding hydrogens is 214 g/mol. The predicted octanol–water partition coefficient (Wildman–Crippen LogP) is 2.19. The Labute approximate surface area is 102 Å². The van der Waals surface area contributed by atoms with Gasteiger partial charge in [-0.2, -0.15) is 0 Å². The first-order chi connectivity index (χ1) is 8.04. The van der Waals surface area contributed by atoms with Gasteiger partial charge in [0.15, 0.2) is 0 Å². The van der Waals surface area contributed by atoms with Crippen LogP contribution < -0.4 is 5.73 Å². The number of aryl methyl sites for hydroxylation is 2. The number of rotatable bonds is 2. The van der Waals surface area contributed by atoms with E-state index < -0.39 is 0 Å². The molecule has 0 saturated carbocycles. The van der Waals surface area contributed by atoms with Gasteiger partial charge < -0.3 is 10.5 Å². The third kappa shape index (κ3) is 3.84. The highest BCUT2D eigenvalue weighted by molar-refractivity contribution is 5.72. The Balaban J connectivity index is 2.82. The molecule has 0 spiro atoms. The normalized spacial score (nSPS) is 9.35. The second-order valence-corrected chi connectivity index (χ2v) is 3.81. The molecule has 0 saturated heterocycles. The molecule has 0 atom stereocenters. The highest BCUT2D eigenvalue weighted by atomic mass is 16.5. The van der Waals surface area contributed by atoms with Gasteiger partial charge in [-0.25, -0.2) is 0 Å². The fourth-order valence-corrected chi connectivity index (χ4v) is 1.61. The van der Waals surface area contributed by atoms with Crippen LogP contribution in [0.3, 0.4) is 0 Å². The lowest BCUT2D eigenvalue weighted by atomic mass is 10.0. The first kappa shape index (κ1) is 13.1. The first-order valence-electron chi connectivity index (χ1n) is 5.55. The van der Waals surface area contributed by atoms with Crippen LogP contribution in [-0.4, -0.2) is 12.6 Å². The van der Waals surface area contributed by atoms with Crippen molar-refractivity contribution in [3.05, 3.63) is 28.8 Å². The van der Waals surface area contributed by atoms with Gasteiger partial charge in [-0.05, 0) is 44.0 Å². The molecule has 0 unspecified atom stereocenters. The van der Waals surface area contributed by atoms with Gasteiger partial charge in [0.1, 0.15) is 6.42 Å². The first-order valence-corrected chi connectivity index (χ1v) is 5.55. The van der Waals surface area contributed by atoms with Gasteiger partial charge in [0.05, 0.1) is 6.61 Å². The van der Waals surface area contributed by atoms with Crippen molar-refractivity contribution in [2.45, 2.75) is 27.2 Å². The van der Waals surface area contributed by atoms with Crippen molar-refractivity contribution in [3.8, 4) is 11.8 Å². The zero-order valence-electron chi connectivity index (χ0n) is 10.5. The summed E-state index contributed by atoms with van der Waals surface area (Å²) >= 11 is 0. The van der Waals surface area contributed by atoms with Crippen LogP contribution in [0.5, 0.6) is 0 Å². The third-order valence-electron chi connectivity index (χ3n) is 2.31. The summed E-state index contributed by atoms with van der Waals surface area (Å²) in [4.78, 5) is 11.1. The number of hydrogen-bond donors (Lipinski definition) is 1. The molecule has 0 aliphatic rings. The Morgan fingerprint density at radius 3 is 2.47 bits per heavy atom. The van der Waals surface area contributed by atoms with E-state index in [1.807, 2.05) is 26.0 Å². The zero-order chi connectivity index (χ0) is 12.8. The Morgan fingerprint density at radius 1 is 1.35 bits per heavy atom. The summed E-state index contributed by atoms with van der Waals surface area (Å²) in [5.74, 6) is 5.53. The van der Waals surface area contributed by atoms with E-state index in [0.717, 1.165) is 22.4 Å². The molecule has 1 rings (SSSR count). The van der Waals surface area contributed by atoms with E-state index in [-0.39, 0.29) is 12.4 Å². The predicted molar refractivity (Wildman–Crippen MR) is 68.5 cm³/mol. The van der Waals surface area contributed by atoms with Crippen LogP contribution in [0.25, 0.3) is 0 Å².